The number of benzene rings is 2. The van der Waals surface area contributed by atoms with Crippen LogP contribution in [0.25, 0.3) is 11.3 Å². The molecule has 5 nitrogen and oxygen atoms in total. The van der Waals surface area contributed by atoms with Crippen LogP contribution in [-0.4, -0.2) is 16.1 Å². The van der Waals surface area contributed by atoms with Gasteiger partial charge in [0.1, 0.15) is 5.92 Å². The Hall–Kier alpha value is -3.39. The largest absolute Gasteiger partial charge is 0.422 e. The predicted molar refractivity (Wildman–Crippen MR) is 113 cm³/mol. The zero-order chi connectivity index (χ0) is 20.5. The molecule has 0 saturated carbocycles. The predicted octanol–water partition coefficient (Wildman–Crippen LogP) is 5.22. The molecule has 1 aliphatic rings. The number of hydrogen-bond donors (Lipinski definition) is 2. The van der Waals surface area contributed by atoms with Crippen molar-refractivity contribution >= 4 is 5.90 Å². The fourth-order valence-corrected chi connectivity index (χ4v) is 3.95. The number of hydrogen-bond acceptors (Lipinski definition) is 4. The molecule has 0 aliphatic carbocycles. The zero-order valence-electron chi connectivity index (χ0n) is 16.9. The van der Waals surface area contributed by atoms with Gasteiger partial charge in [0, 0.05) is 5.92 Å². The third-order valence-electron chi connectivity index (χ3n) is 5.36. The third kappa shape index (κ3) is 3.54. The molecule has 4 rings (SSSR count). The van der Waals surface area contributed by atoms with E-state index in [0.29, 0.717) is 11.8 Å². The van der Waals surface area contributed by atoms with Crippen LogP contribution in [0, 0.1) is 35.5 Å². The van der Waals surface area contributed by atoms with E-state index in [-0.39, 0.29) is 11.8 Å². The van der Waals surface area contributed by atoms with Crippen molar-refractivity contribution in [1.29, 1.82) is 10.7 Å². The lowest BCUT2D eigenvalue weighted by Gasteiger charge is -2.28. The number of nitrogens with zero attached hydrogens (tertiary/aromatic N) is 2. The Labute approximate surface area is 170 Å². The first-order valence-electron chi connectivity index (χ1n) is 9.88. The fourth-order valence-electron chi connectivity index (χ4n) is 3.95. The number of nitrogens with one attached hydrogen (secondary N) is 2. The number of nitriles is 1. The SMILES string of the molecule is Cc1ccc(C2c3c(n[nH]c3-c3ccc(CC(C)C)cc3)OC(=N)C2C#N)cc1. The van der Waals surface area contributed by atoms with Crippen LogP contribution in [0.4, 0.5) is 0 Å². The van der Waals surface area contributed by atoms with Gasteiger partial charge in [0.2, 0.25) is 11.8 Å². The molecule has 2 N–H and O–H groups in total. The van der Waals surface area contributed by atoms with Gasteiger partial charge in [-0.1, -0.05) is 67.9 Å². The topological polar surface area (TPSA) is 85.5 Å². The fraction of sp³-hybridized carbons (Fsp3) is 0.292. The summed E-state index contributed by atoms with van der Waals surface area (Å²) >= 11 is 0. The molecule has 0 bridgehead atoms. The van der Waals surface area contributed by atoms with Gasteiger partial charge < -0.3 is 4.74 Å². The quantitative estimate of drug-likeness (QED) is 0.646. The molecule has 0 radical (unpaired) electrons. The number of ether oxygens (including phenoxy) is 1. The van der Waals surface area contributed by atoms with Gasteiger partial charge in [0.05, 0.1) is 17.3 Å². The molecule has 0 saturated heterocycles. The summed E-state index contributed by atoms with van der Waals surface area (Å²) in [5.41, 5.74) is 6.10. The first-order chi connectivity index (χ1) is 14.0. The highest BCUT2D eigenvalue weighted by Gasteiger charge is 2.40. The monoisotopic (exact) mass is 384 g/mol. The summed E-state index contributed by atoms with van der Waals surface area (Å²) < 4.78 is 5.61. The minimum Gasteiger partial charge on any atom is -0.422 e. The molecule has 0 fully saturated rings. The Balaban J connectivity index is 1.82. The molecule has 2 unspecified atom stereocenters. The number of aromatic amines is 1. The molecule has 0 amide bonds. The Morgan fingerprint density at radius 2 is 1.83 bits per heavy atom. The maximum absolute atomic E-state index is 9.79. The average molecular weight is 384 g/mol. The van der Waals surface area contributed by atoms with E-state index in [1.165, 1.54) is 5.56 Å². The van der Waals surface area contributed by atoms with Crippen molar-refractivity contribution in [3.8, 4) is 23.2 Å². The maximum Gasteiger partial charge on any atom is 0.244 e. The molecule has 146 valence electrons. The van der Waals surface area contributed by atoms with E-state index in [4.69, 9.17) is 10.1 Å². The van der Waals surface area contributed by atoms with Crippen LogP contribution >= 0.6 is 0 Å². The van der Waals surface area contributed by atoms with Crippen molar-refractivity contribution in [2.45, 2.75) is 33.1 Å². The van der Waals surface area contributed by atoms with Gasteiger partial charge >= 0.3 is 0 Å². The summed E-state index contributed by atoms with van der Waals surface area (Å²) in [6, 6.07) is 18.8. The minimum absolute atomic E-state index is 0.0593. The van der Waals surface area contributed by atoms with Gasteiger partial charge in [0.15, 0.2) is 0 Å². The first kappa shape index (κ1) is 18.9. The smallest absolute Gasteiger partial charge is 0.244 e. The molecule has 1 aromatic heterocycles. The first-order valence-corrected chi connectivity index (χ1v) is 9.88. The van der Waals surface area contributed by atoms with Crippen molar-refractivity contribution in [3.05, 3.63) is 70.8 Å². The van der Waals surface area contributed by atoms with E-state index in [1.807, 2.05) is 31.2 Å². The summed E-state index contributed by atoms with van der Waals surface area (Å²) in [4.78, 5) is 0. The highest BCUT2D eigenvalue weighted by molar-refractivity contribution is 5.86. The van der Waals surface area contributed by atoms with Gasteiger partial charge in [-0.3, -0.25) is 10.5 Å². The number of fused-ring (bicyclic) bond motifs is 1. The van der Waals surface area contributed by atoms with Gasteiger partial charge in [-0.25, -0.2) is 0 Å². The van der Waals surface area contributed by atoms with Crippen LogP contribution in [0.5, 0.6) is 5.88 Å². The van der Waals surface area contributed by atoms with Crippen molar-refractivity contribution in [1.82, 2.24) is 10.2 Å². The number of aromatic nitrogens is 2. The third-order valence-corrected chi connectivity index (χ3v) is 5.36. The van der Waals surface area contributed by atoms with Crippen LogP contribution in [0.1, 0.15) is 42.0 Å². The summed E-state index contributed by atoms with van der Waals surface area (Å²) in [7, 11) is 0. The Morgan fingerprint density at radius 1 is 1.14 bits per heavy atom. The standard InChI is InChI=1S/C24H24N4O/c1-14(2)12-16-6-10-18(11-7-16)22-21-20(17-8-4-15(3)5-9-17)19(13-25)23(26)29-24(21)28-27-22/h4-11,14,19-20,26H,12H2,1-3H3,(H,27,28). The summed E-state index contributed by atoms with van der Waals surface area (Å²) in [5.74, 6) is -0.0746. The molecule has 3 aromatic rings. The van der Waals surface area contributed by atoms with Gasteiger partial charge in [0.25, 0.3) is 0 Å². The van der Waals surface area contributed by atoms with Crippen molar-refractivity contribution < 1.29 is 4.74 Å². The van der Waals surface area contributed by atoms with Crippen LogP contribution in [0.2, 0.25) is 0 Å². The van der Waals surface area contributed by atoms with Crippen molar-refractivity contribution in [2.75, 3.05) is 0 Å². The zero-order valence-corrected chi connectivity index (χ0v) is 16.9. The number of H-pyrrole nitrogens is 1. The highest BCUT2D eigenvalue weighted by Crippen LogP contribution is 2.45. The lowest BCUT2D eigenvalue weighted by atomic mass is 9.78. The number of aryl methyl sites for hydroxylation is 1. The molecule has 2 heterocycles. The molecule has 2 atom stereocenters. The van der Waals surface area contributed by atoms with Gasteiger partial charge in [-0.15, -0.1) is 5.10 Å². The van der Waals surface area contributed by atoms with Gasteiger partial charge in [-0.2, -0.15) is 5.26 Å². The number of rotatable bonds is 4. The molecule has 0 spiro atoms. The second kappa shape index (κ2) is 7.56. The summed E-state index contributed by atoms with van der Waals surface area (Å²) in [5, 5.41) is 25.4. The van der Waals surface area contributed by atoms with E-state index in [0.717, 1.165) is 34.4 Å². The Kier molecular flexibility index (Phi) is 4.94. The Bertz CT molecular complexity index is 1070. The molecule has 2 aromatic carbocycles. The average Bonchev–Trinajstić information content (AvgIpc) is 3.11. The van der Waals surface area contributed by atoms with Crippen LogP contribution in [0.15, 0.2) is 48.5 Å². The minimum atomic E-state index is -0.693. The van der Waals surface area contributed by atoms with Crippen molar-refractivity contribution in [2.24, 2.45) is 11.8 Å². The van der Waals surface area contributed by atoms with Crippen molar-refractivity contribution in [3.63, 3.8) is 0 Å². The van der Waals surface area contributed by atoms with E-state index in [1.54, 1.807) is 0 Å². The summed E-state index contributed by atoms with van der Waals surface area (Å²) in [6.45, 7) is 6.45. The molecular weight excluding hydrogens is 360 g/mol. The maximum atomic E-state index is 9.79. The molecule has 1 aliphatic heterocycles. The van der Waals surface area contributed by atoms with Crippen LogP contribution < -0.4 is 4.74 Å². The Morgan fingerprint density at radius 3 is 2.45 bits per heavy atom. The second-order valence-corrected chi connectivity index (χ2v) is 8.07. The van der Waals surface area contributed by atoms with E-state index in [2.05, 4.69) is 54.4 Å². The second-order valence-electron chi connectivity index (χ2n) is 8.07. The van der Waals surface area contributed by atoms with E-state index in [9.17, 15) is 5.26 Å². The molecule has 5 heteroatoms. The van der Waals surface area contributed by atoms with Gasteiger partial charge in [-0.05, 0) is 36.0 Å². The van der Waals surface area contributed by atoms with Crippen LogP contribution in [-0.2, 0) is 6.42 Å². The lowest BCUT2D eigenvalue weighted by molar-refractivity contribution is 0.437. The normalized spacial score (nSPS) is 18.2. The molecule has 29 heavy (non-hydrogen) atoms. The van der Waals surface area contributed by atoms with Crippen LogP contribution in [0.3, 0.4) is 0 Å². The lowest BCUT2D eigenvalue weighted by Crippen LogP contribution is -2.30. The van der Waals surface area contributed by atoms with E-state index >= 15 is 0 Å². The van der Waals surface area contributed by atoms with E-state index < -0.39 is 5.92 Å². The summed E-state index contributed by atoms with van der Waals surface area (Å²) in [6.07, 6.45) is 1.03. The molecular formula is C24H24N4O. The highest BCUT2D eigenvalue weighted by atomic mass is 16.5.